The molecule has 1 aromatic carbocycles. The summed E-state index contributed by atoms with van der Waals surface area (Å²) in [6.07, 6.45) is 3.95. The van der Waals surface area contributed by atoms with Crippen molar-refractivity contribution in [2.24, 2.45) is 0 Å². The monoisotopic (exact) mass is 291 g/mol. The van der Waals surface area contributed by atoms with Crippen LogP contribution in [-0.4, -0.2) is 14.5 Å². The molecule has 3 nitrogen and oxygen atoms in total. The second-order valence-corrected chi connectivity index (χ2v) is 5.82. The first-order chi connectivity index (χ1) is 10.3. The van der Waals surface area contributed by atoms with Gasteiger partial charge in [-0.3, -0.25) is 0 Å². The Kier molecular flexibility index (Phi) is 2.82. The standard InChI is InChI=1S/C17H13N3S/c1-12-11-20(13-5-3-2-4-6-13)16-14(12)7-8-15(19-16)17-18-9-10-21-17/h2-11H,1H3. The molecule has 0 spiro atoms. The summed E-state index contributed by atoms with van der Waals surface area (Å²) in [5.74, 6) is 0. The van der Waals surface area contributed by atoms with Crippen LogP contribution in [-0.2, 0) is 0 Å². The Bertz CT molecular complexity index is 893. The topological polar surface area (TPSA) is 30.7 Å². The molecule has 0 bridgehead atoms. The van der Waals surface area contributed by atoms with Gasteiger partial charge in [0.1, 0.15) is 16.3 Å². The van der Waals surface area contributed by atoms with Crippen LogP contribution >= 0.6 is 11.3 Å². The van der Waals surface area contributed by atoms with Gasteiger partial charge < -0.3 is 4.57 Å². The van der Waals surface area contributed by atoms with Crippen molar-refractivity contribution in [1.82, 2.24) is 14.5 Å². The lowest BCUT2D eigenvalue weighted by molar-refractivity contribution is 1.09. The summed E-state index contributed by atoms with van der Waals surface area (Å²) in [6, 6.07) is 14.5. The van der Waals surface area contributed by atoms with E-state index >= 15 is 0 Å². The molecule has 3 heterocycles. The number of hydrogen-bond donors (Lipinski definition) is 0. The Morgan fingerprint density at radius 3 is 2.67 bits per heavy atom. The number of fused-ring (bicyclic) bond motifs is 1. The minimum absolute atomic E-state index is 0.924. The lowest BCUT2D eigenvalue weighted by Gasteiger charge is -2.05. The van der Waals surface area contributed by atoms with E-state index in [1.165, 1.54) is 10.9 Å². The van der Waals surface area contributed by atoms with Gasteiger partial charge in [-0.15, -0.1) is 11.3 Å². The zero-order valence-electron chi connectivity index (χ0n) is 11.5. The lowest BCUT2D eigenvalue weighted by atomic mass is 10.2. The normalized spacial score (nSPS) is 11.1. The van der Waals surface area contributed by atoms with Gasteiger partial charge in [0.15, 0.2) is 0 Å². The first kappa shape index (κ1) is 12.3. The first-order valence-electron chi connectivity index (χ1n) is 6.77. The molecule has 0 radical (unpaired) electrons. The maximum atomic E-state index is 4.83. The molecule has 0 fully saturated rings. The van der Waals surface area contributed by atoms with E-state index in [0.29, 0.717) is 0 Å². The van der Waals surface area contributed by atoms with E-state index in [1.54, 1.807) is 11.3 Å². The fraction of sp³-hybridized carbons (Fsp3) is 0.0588. The molecule has 0 amide bonds. The Balaban J connectivity index is 1.97. The fourth-order valence-electron chi connectivity index (χ4n) is 2.52. The van der Waals surface area contributed by atoms with Crippen LogP contribution in [0.15, 0.2) is 60.2 Å². The molecule has 0 unspecified atom stereocenters. The van der Waals surface area contributed by atoms with Crippen LogP contribution in [0.25, 0.3) is 27.4 Å². The van der Waals surface area contributed by atoms with Crippen LogP contribution in [0.2, 0.25) is 0 Å². The van der Waals surface area contributed by atoms with E-state index in [0.717, 1.165) is 22.0 Å². The predicted octanol–water partition coefficient (Wildman–Crippen LogP) is 4.46. The summed E-state index contributed by atoms with van der Waals surface area (Å²) in [6.45, 7) is 2.12. The fourth-order valence-corrected chi connectivity index (χ4v) is 3.13. The van der Waals surface area contributed by atoms with Crippen LogP contribution < -0.4 is 0 Å². The number of nitrogens with zero attached hydrogens (tertiary/aromatic N) is 3. The minimum atomic E-state index is 0.924. The highest BCUT2D eigenvalue weighted by Crippen LogP contribution is 2.27. The van der Waals surface area contributed by atoms with Crippen molar-refractivity contribution in [2.45, 2.75) is 6.92 Å². The number of thiazole rings is 1. The van der Waals surface area contributed by atoms with Crippen molar-refractivity contribution in [3.05, 3.63) is 65.8 Å². The van der Waals surface area contributed by atoms with E-state index in [9.17, 15) is 0 Å². The van der Waals surface area contributed by atoms with Gasteiger partial charge in [0.25, 0.3) is 0 Å². The van der Waals surface area contributed by atoms with Gasteiger partial charge in [0, 0.05) is 28.8 Å². The highest BCUT2D eigenvalue weighted by Gasteiger charge is 2.11. The predicted molar refractivity (Wildman–Crippen MR) is 86.9 cm³/mol. The Labute approximate surface area is 126 Å². The molecule has 4 rings (SSSR count). The lowest BCUT2D eigenvalue weighted by Crippen LogP contribution is -1.94. The molecule has 0 saturated carbocycles. The van der Waals surface area contributed by atoms with Crippen molar-refractivity contribution in [2.75, 3.05) is 0 Å². The third kappa shape index (κ3) is 2.04. The molecule has 3 aromatic heterocycles. The van der Waals surface area contributed by atoms with Gasteiger partial charge in [0.05, 0.1) is 0 Å². The molecule has 0 aliphatic heterocycles. The van der Waals surface area contributed by atoms with E-state index < -0.39 is 0 Å². The number of aromatic nitrogens is 3. The van der Waals surface area contributed by atoms with Gasteiger partial charge >= 0.3 is 0 Å². The summed E-state index contributed by atoms with van der Waals surface area (Å²) < 4.78 is 2.14. The van der Waals surface area contributed by atoms with Gasteiger partial charge in [-0.2, -0.15) is 0 Å². The van der Waals surface area contributed by atoms with Crippen molar-refractivity contribution in [3.63, 3.8) is 0 Å². The van der Waals surface area contributed by atoms with Gasteiger partial charge in [-0.1, -0.05) is 18.2 Å². The molecule has 0 aliphatic carbocycles. The van der Waals surface area contributed by atoms with E-state index in [1.807, 2.05) is 35.8 Å². The number of aryl methyl sites for hydroxylation is 1. The van der Waals surface area contributed by atoms with Crippen LogP contribution in [0, 0.1) is 6.92 Å². The summed E-state index contributed by atoms with van der Waals surface area (Å²) in [5.41, 5.74) is 4.26. The smallest absolute Gasteiger partial charge is 0.145 e. The van der Waals surface area contributed by atoms with Gasteiger partial charge in [0.2, 0.25) is 0 Å². The quantitative estimate of drug-likeness (QED) is 0.546. The average Bonchev–Trinajstić information content (AvgIpc) is 3.16. The zero-order valence-corrected chi connectivity index (χ0v) is 12.3. The molecule has 0 atom stereocenters. The van der Waals surface area contributed by atoms with Crippen molar-refractivity contribution in [1.29, 1.82) is 0 Å². The first-order valence-corrected chi connectivity index (χ1v) is 7.65. The van der Waals surface area contributed by atoms with E-state index in [2.05, 4.69) is 40.9 Å². The molecular weight excluding hydrogens is 278 g/mol. The van der Waals surface area contributed by atoms with Gasteiger partial charge in [-0.05, 0) is 36.8 Å². The second kappa shape index (κ2) is 4.82. The highest BCUT2D eigenvalue weighted by molar-refractivity contribution is 7.13. The van der Waals surface area contributed by atoms with Crippen molar-refractivity contribution >= 4 is 22.4 Å². The third-order valence-electron chi connectivity index (χ3n) is 3.54. The molecule has 4 aromatic rings. The van der Waals surface area contributed by atoms with E-state index in [-0.39, 0.29) is 0 Å². The largest absolute Gasteiger partial charge is 0.301 e. The molecule has 4 heteroatoms. The van der Waals surface area contributed by atoms with Gasteiger partial charge in [-0.25, -0.2) is 9.97 Å². The number of pyridine rings is 1. The van der Waals surface area contributed by atoms with Crippen molar-refractivity contribution in [3.8, 4) is 16.4 Å². The molecule has 21 heavy (non-hydrogen) atoms. The molecule has 0 N–H and O–H groups in total. The number of para-hydroxylation sites is 1. The van der Waals surface area contributed by atoms with Crippen LogP contribution in [0.3, 0.4) is 0 Å². The maximum absolute atomic E-state index is 4.83. The number of rotatable bonds is 2. The summed E-state index contributed by atoms with van der Waals surface area (Å²) in [7, 11) is 0. The number of hydrogen-bond acceptors (Lipinski definition) is 3. The molecular formula is C17H13N3S. The molecule has 0 saturated heterocycles. The van der Waals surface area contributed by atoms with Crippen LogP contribution in [0.4, 0.5) is 0 Å². The summed E-state index contributed by atoms with van der Waals surface area (Å²) in [5, 5.41) is 4.11. The van der Waals surface area contributed by atoms with Crippen LogP contribution in [0.5, 0.6) is 0 Å². The Morgan fingerprint density at radius 2 is 1.90 bits per heavy atom. The van der Waals surface area contributed by atoms with Crippen molar-refractivity contribution < 1.29 is 0 Å². The SMILES string of the molecule is Cc1cn(-c2ccccc2)c2nc(-c3nccs3)ccc12. The van der Waals surface area contributed by atoms with E-state index in [4.69, 9.17) is 4.98 Å². The number of benzene rings is 1. The Hall–Kier alpha value is -2.46. The molecule has 0 aliphatic rings. The molecule has 102 valence electrons. The summed E-state index contributed by atoms with van der Waals surface area (Å²) in [4.78, 5) is 9.17. The summed E-state index contributed by atoms with van der Waals surface area (Å²) >= 11 is 1.61. The minimum Gasteiger partial charge on any atom is -0.301 e. The zero-order chi connectivity index (χ0) is 14.2. The second-order valence-electron chi connectivity index (χ2n) is 4.92. The maximum Gasteiger partial charge on any atom is 0.145 e. The Morgan fingerprint density at radius 1 is 1.05 bits per heavy atom. The third-order valence-corrected chi connectivity index (χ3v) is 4.33. The highest BCUT2D eigenvalue weighted by atomic mass is 32.1. The van der Waals surface area contributed by atoms with Crippen LogP contribution in [0.1, 0.15) is 5.56 Å². The average molecular weight is 291 g/mol.